The molecule has 0 saturated heterocycles. The number of oxazole rings is 1. The molecule has 0 aliphatic carbocycles. The monoisotopic (exact) mass is 389 g/mol. The Bertz CT molecular complexity index is 925. The Labute approximate surface area is 161 Å². The highest BCUT2D eigenvalue weighted by molar-refractivity contribution is 6.36. The van der Waals surface area contributed by atoms with Gasteiger partial charge in [-0.3, -0.25) is 9.78 Å². The predicted octanol–water partition coefficient (Wildman–Crippen LogP) is 4.60. The quantitative estimate of drug-likeness (QED) is 0.668. The summed E-state index contributed by atoms with van der Waals surface area (Å²) in [5.41, 5.74) is 2.46. The molecule has 0 saturated carbocycles. The van der Waals surface area contributed by atoms with Gasteiger partial charge in [-0.1, -0.05) is 29.3 Å². The van der Waals surface area contributed by atoms with Crippen molar-refractivity contribution in [1.29, 1.82) is 0 Å². The van der Waals surface area contributed by atoms with E-state index in [0.717, 1.165) is 11.4 Å². The zero-order valence-electron chi connectivity index (χ0n) is 14.1. The molecule has 7 heteroatoms. The Kier molecular flexibility index (Phi) is 5.91. The van der Waals surface area contributed by atoms with E-state index in [2.05, 4.69) is 15.3 Å². The van der Waals surface area contributed by atoms with Crippen molar-refractivity contribution in [1.82, 2.24) is 15.3 Å². The fourth-order valence-electron chi connectivity index (χ4n) is 2.44. The van der Waals surface area contributed by atoms with Crippen molar-refractivity contribution in [2.24, 2.45) is 0 Å². The molecule has 134 valence electrons. The molecule has 2 aromatic heterocycles. The van der Waals surface area contributed by atoms with Crippen molar-refractivity contribution in [2.75, 3.05) is 0 Å². The summed E-state index contributed by atoms with van der Waals surface area (Å²) in [5.74, 6) is 0.943. The van der Waals surface area contributed by atoms with E-state index < -0.39 is 0 Å². The van der Waals surface area contributed by atoms with Crippen LogP contribution in [0.3, 0.4) is 0 Å². The Balaban J connectivity index is 1.53. The molecule has 5 nitrogen and oxygen atoms in total. The fourth-order valence-corrected chi connectivity index (χ4v) is 2.94. The number of aryl methyl sites for hydroxylation is 2. The van der Waals surface area contributed by atoms with Gasteiger partial charge in [0.25, 0.3) is 0 Å². The largest absolute Gasteiger partial charge is 0.441 e. The van der Waals surface area contributed by atoms with Crippen LogP contribution >= 0.6 is 23.2 Å². The van der Waals surface area contributed by atoms with Crippen molar-refractivity contribution < 1.29 is 9.21 Å². The molecule has 0 aliphatic heterocycles. The maximum absolute atomic E-state index is 12.0. The lowest BCUT2D eigenvalue weighted by atomic mass is 10.2. The van der Waals surface area contributed by atoms with Crippen LogP contribution in [0.5, 0.6) is 0 Å². The maximum Gasteiger partial charge on any atom is 0.220 e. The zero-order chi connectivity index (χ0) is 18.5. The average molecular weight is 390 g/mol. The topological polar surface area (TPSA) is 68.0 Å². The second-order valence-corrected chi connectivity index (χ2v) is 6.63. The van der Waals surface area contributed by atoms with Crippen molar-refractivity contribution >= 4 is 29.1 Å². The van der Waals surface area contributed by atoms with Gasteiger partial charge >= 0.3 is 0 Å². The van der Waals surface area contributed by atoms with Crippen LogP contribution in [0, 0.1) is 6.92 Å². The van der Waals surface area contributed by atoms with Crippen LogP contribution in [0.4, 0.5) is 0 Å². The molecule has 0 bridgehead atoms. The summed E-state index contributed by atoms with van der Waals surface area (Å²) in [6.45, 7) is 2.32. The predicted molar refractivity (Wildman–Crippen MR) is 101 cm³/mol. The summed E-state index contributed by atoms with van der Waals surface area (Å²) in [4.78, 5) is 20.6. The van der Waals surface area contributed by atoms with Gasteiger partial charge in [-0.25, -0.2) is 4.98 Å². The molecule has 26 heavy (non-hydrogen) atoms. The van der Waals surface area contributed by atoms with Crippen LogP contribution in [0.25, 0.3) is 11.3 Å². The summed E-state index contributed by atoms with van der Waals surface area (Å²) in [6, 6.07) is 10.9. The summed E-state index contributed by atoms with van der Waals surface area (Å²) in [5, 5.41) is 3.89. The lowest BCUT2D eigenvalue weighted by molar-refractivity contribution is -0.121. The number of benzene rings is 1. The van der Waals surface area contributed by atoms with Gasteiger partial charge in [-0.05, 0) is 37.3 Å². The molecule has 0 atom stereocenters. The van der Waals surface area contributed by atoms with Crippen LogP contribution in [-0.2, 0) is 17.8 Å². The molecule has 1 amide bonds. The number of carbonyl (C=O) groups excluding carboxylic acids is 1. The number of hydrogen-bond donors (Lipinski definition) is 1. The SMILES string of the molecule is Cc1cccc(CNC(=O)CCc2ncc(-c3ccc(Cl)cc3Cl)o2)n1. The van der Waals surface area contributed by atoms with Gasteiger partial charge in [0.2, 0.25) is 5.91 Å². The second-order valence-electron chi connectivity index (χ2n) is 5.79. The third-order valence-electron chi connectivity index (χ3n) is 3.73. The molecule has 0 radical (unpaired) electrons. The van der Waals surface area contributed by atoms with E-state index in [-0.39, 0.29) is 12.3 Å². The Morgan fingerprint density at radius 3 is 2.85 bits per heavy atom. The number of rotatable bonds is 6. The normalized spacial score (nSPS) is 10.7. The lowest BCUT2D eigenvalue weighted by Crippen LogP contribution is -2.23. The highest BCUT2D eigenvalue weighted by Crippen LogP contribution is 2.30. The number of amides is 1. The third kappa shape index (κ3) is 4.84. The smallest absolute Gasteiger partial charge is 0.220 e. The number of aromatic nitrogens is 2. The standard InChI is InChI=1S/C19H17Cl2N3O2/c1-12-3-2-4-14(24-12)10-22-18(25)7-8-19-23-11-17(26-19)15-6-5-13(20)9-16(15)21/h2-6,9,11H,7-8,10H2,1H3,(H,22,25). The van der Waals surface area contributed by atoms with Crippen molar-refractivity contribution in [3.05, 3.63) is 69.9 Å². The van der Waals surface area contributed by atoms with Gasteiger partial charge in [0.05, 0.1) is 23.5 Å². The highest BCUT2D eigenvalue weighted by atomic mass is 35.5. The van der Waals surface area contributed by atoms with Gasteiger partial charge in [0.15, 0.2) is 11.7 Å². The van der Waals surface area contributed by atoms with Crippen LogP contribution in [0.15, 0.2) is 47.0 Å². The molecule has 0 unspecified atom stereocenters. The van der Waals surface area contributed by atoms with Gasteiger partial charge in [0.1, 0.15) is 0 Å². The van der Waals surface area contributed by atoms with Crippen molar-refractivity contribution in [3.63, 3.8) is 0 Å². The summed E-state index contributed by atoms with van der Waals surface area (Å²) < 4.78 is 5.69. The van der Waals surface area contributed by atoms with E-state index in [1.54, 1.807) is 24.4 Å². The molecular weight excluding hydrogens is 373 g/mol. The molecule has 2 heterocycles. The molecule has 3 aromatic rings. The Morgan fingerprint density at radius 1 is 1.23 bits per heavy atom. The first kappa shape index (κ1) is 18.4. The van der Waals surface area contributed by atoms with E-state index in [1.807, 2.05) is 25.1 Å². The molecule has 3 rings (SSSR count). The summed E-state index contributed by atoms with van der Waals surface area (Å²) in [7, 11) is 0. The minimum Gasteiger partial charge on any atom is -0.441 e. The van der Waals surface area contributed by atoms with Gasteiger partial charge in [-0.15, -0.1) is 0 Å². The molecule has 1 N–H and O–H groups in total. The van der Waals surface area contributed by atoms with E-state index in [1.165, 1.54) is 0 Å². The van der Waals surface area contributed by atoms with E-state index in [9.17, 15) is 4.79 Å². The van der Waals surface area contributed by atoms with Gasteiger partial charge in [0, 0.05) is 29.1 Å². The fraction of sp³-hybridized carbons (Fsp3) is 0.211. The van der Waals surface area contributed by atoms with E-state index in [4.69, 9.17) is 27.6 Å². The van der Waals surface area contributed by atoms with E-state index in [0.29, 0.717) is 40.2 Å². The third-order valence-corrected chi connectivity index (χ3v) is 4.28. The molecule has 1 aromatic carbocycles. The number of hydrogen-bond acceptors (Lipinski definition) is 4. The Hall–Kier alpha value is -2.37. The second kappa shape index (κ2) is 8.34. The number of pyridine rings is 1. The number of nitrogens with zero attached hydrogens (tertiary/aromatic N) is 2. The van der Waals surface area contributed by atoms with Gasteiger partial charge in [-0.2, -0.15) is 0 Å². The first-order chi connectivity index (χ1) is 12.5. The summed E-state index contributed by atoms with van der Waals surface area (Å²) >= 11 is 12.1. The first-order valence-corrected chi connectivity index (χ1v) is 8.86. The van der Waals surface area contributed by atoms with Crippen LogP contribution < -0.4 is 5.32 Å². The van der Waals surface area contributed by atoms with Gasteiger partial charge < -0.3 is 9.73 Å². The summed E-state index contributed by atoms with van der Waals surface area (Å²) in [6.07, 6.45) is 2.28. The average Bonchev–Trinajstić information content (AvgIpc) is 3.07. The number of carbonyl (C=O) groups is 1. The van der Waals surface area contributed by atoms with Crippen molar-refractivity contribution in [3.8, 4) is 11.3 Å². The molecule has 0 spiro atoms. The molecular formula is C19H17Cl2N3O2. The highest BCUT2D eigenvalue weighted by Gasteiger charge is 2.12. The zero-order valence-corrected chi connectivity index (χ0v) is 15.6. The number of halogens is 2. The maximum atomic E-state index is 12.0. The first-order valence-electron chi connectivity index (χ1n) is 8.10. The molecule has 0 aliphatic rings. The Morgan fingerprint density at radius 2 is 2.08 bits per heavy atom. The van der Waals surface area contributed by atoms with Crippen LogP contribution in [-0.4, -0.2) is 15.9 Å². The minimum atomic E-state index is -0.0856. The number of nitrogens with one attached hydrogen (secondary N) is 1. The molecule has 0 fully saturated rings. The lowest BCUT2D eigenvalue weighted by Gasteiger charge is -2.04. The van der Waals surface area contributed by atoms with E-state index >= 15 is 0 Å². The van der Waals surface area contributed by atoms with Crippen molar-refractivity contribution in [2.45, 2.75) is 26.3 Å². The minimum absolute atomic E-state index is 0.0856. The van der Waals surface area contributed by atoms with Crippen LogP contribution in [0.2, 0.25) is 10.0 Å². The van der Waals surface area contributed by atoms with Crippen LogP contribution in [0.1, 0.15) is 23.7 Å².